The number of ether oxygens (including phenoxy) is 1. The van der Waals surface area contributed by atoms with E-state index in [2.05, 4.69) is 4.98 Å². The molecule has 1 aliphatic rings. The van der Waals surface area contributed by atoms with Crippen LogP contribution in [-0.4, -0.2) is 28.9 Å². The van der Waals surface area contributed by atoms with Gasteiger partial charge in [-0.3, -0.25) is 14.5 Å². The number of methoxy groups -OCH3 is 1. The van der Waals surface area contributed by atoms with E-state index in [0.29, 0.717) is 16.4 Å². The van der Waals surface area contributed by atoms with E-state index in [1.165, 1.54) is 28.6 Å². The van der Waals surface area contributed by atoms with Gasteiger partial charge in [-0.2, -0.15) is 0 Å². The number of carbonyl (C=O) groups is 2. The molecule has 1 aromatic carbocycles. The minimum absolute atomic E-state index is 0.0452. The molecule has 0 fully saturated rings. The standard InChI is InChI=1S/C19H14N2O5S/c1-25-12-6-4-11(5-7-12)15-14(16(22)13-3-2-9-26-13)17(23)18(24)21(15)19-20-8-10-27-19/h2-10,15,23H,1H3/t15-/m1/s1. The van der Waals surface area contributed by atoms with Crippen molar-refractivity contribution in [2.24, 2.45) is 0 Å². The number of hydrogen-bond acceptors (Lipinski definition) is 7. The monoisotopic (exact) mass is 382 g/mol. The average Bonchev–Trinajstić information content (AvgIpc) is 3.44. The number of nitrogens with zero attached hydrogens (tertiary/aromatic N) is 2. The predicted octanol–water partition coefficient (Wildman–Crippen LogP) is 3.53. The highest BCUT2D eigenvalue weighted by atomic mass is 32.1. The van der Waals surface area contributed by atoms with Crippen molar-refractivity contribution in [3.63, 3.8) is 0 Å². The Morgan fingerprint density at radius 1 is 1.30 bits per heavy atom. The lowest BCUT2D eigenvalue weighted by atomic mass is 9.95. The molecule has 7 nitrogen and oxygen atoms in total. The maximum atomic E-state index is 13.0. The first-order valence-corrected chi connectivity index (χ1v) is 8.88. The van der Waals surface area contributed by atoms with Gasteiger partial charge in [-0.05, 0) is 29.8 Å². The molecular formula is C19H14N2O5S. The second kappa shape index (κ2) is 6.73. The molecule has 1 amide bonds. The Morgan fingerprint density at radius 2 is 2.07 bits per heavy atom. The van der Waals surface area contributed by atoms with E-state index in [9.17, 15) is 14.7 Å². The van der Waals surface area contributed by atoms with Crippen LogP contribution in [0.1, 0.15) is 22.2 Å². The van der Waals surface area contributed by atoms with Crippen molar-refractivity contribution in [2.45, 2.75) is 6.04 Å². The number of anilines is 1. The molecule has 0 unspecified atom stereocenters. The first kappa shape index (κ1) is 17.0. The normalized spacial score (nSPS) is 16.9. The van der Waals surface area contributed by atoms with Crippen molar-refractivity contribution in [1.82, 2.24) is 4.98 Å². The van der Waals surface area contributed by atoms with Crippen LogP contribution in [0.15, 0.2) is 70.0 Å². The molecule has 0 aliphatic carbocycles. The number of rotatable bonds is 5. The summed E-state index contributed by atoms with van der Waals surface area (Å²) in [5.74, 6) is -1.15. The van der Waals surface area contributed by atoms with Gasteiger partial charge in [0.2, 0.25) is 5.78 Å². The van der Waals surface area contributed by atoms with Gasteiger partial charge in [-0.15, -0.1) is 11.3 Å². The molecule has 8 heteroatoms. The summed E-state index contributed by atoms with van der Waals surface area (Å²) in [5.41, 5.74) is 0.591. The summed E-state index contributed by atoms with van der Waals surface area (Å²) in [6.07, 6.45) is 2.92. The van der Waals surface area contributed by atoms with Crippen LogP contribution in [0.5, 0.6) is 5.75 Å². The van der Waals surface area contributed by atoms with Gasteiger partial charge in [-0.1, -0.05) is 12.1 Å². The van der Waals surface area contributed by atoms with Gasteiger partial charge in [0.05, 0.1) is 25.0 Å². The number of aliphatic hydroxyl groups is 1. The van der Waals surface area contributed by atoms with Gasteiger partial charge in [0, 0.05) is 11.6 Å². The highest BCUT2D eigenvalue weighted by Gasteiger charge is 2.46. The number of benzene rings is 1. The Bertz CT molecular complexity index is 1010. The highest BCUT2D eigenvalue weighted by Crippen LogP contribution is 2.42. The fourth-order valence-electron chi connectivity index (χ4n) is 3.01. The topological polar surface area (TPSA) is 92.9 Å². The van der Waals surface area contributed by atoms with Crippen molar-refractivity contribution in [2.75, 3.05) is 12.0 Å². The minimum Gasteiger partial charge on any atom is -0.503 e. The van der Waals surface area contributed by atoms with E-state index in [4.69, 9.17) is 9.15 Å². The van der Waals surface area contributed by atoms with Crippen LogP contribution in [0.25, 0.3) is 0 Å². The van der Waals surface area contributed by atoms with Crippen molar-refractivity contribution in [3.8, 4) is 5.75 Å². The first-order chi connectivity index (χ1) is 13.1. The molecule has 4 rings (SSSR count). The SMILES string of the molecule is COc1ccc([C@@H]2C(C(=O)c3ccco3)=C(O)C(=O)N2c2nccs2)cc1. The Labute approximate surface area is 158 Å². The molecular weight excluding hydrogens is 368 g/mol. The number of furan rings is 1. The second-order valence-electron chi connectivity index (χ2n) is 5.73. The molecule has 3 heterocycles. The lowest BCUT2D eigenvalue weighted by molar-refractivity contribution is -0.117. The quantitative estimate of drug-likeness (QED) is 0.679. The summed E-state index contributed by atoms with van der Waals surface area (Å²) < 4.78 is 10.4. The number of carbonyl (C=O) groups excluding carboxylic acids is 2. The van der Waals surface area contributed by atoms with Gasteiger partial charge in [0.25, 0.3) is 5.91 Å². The molecule has 1 aliphatic heterocycles. The molecule has 0 bridgehead atoms. The molecule has 0 saturated heterocycles. The van der Waals surface area contributed by atoms with Crippen LogP contribution in [-0.2, 0) is 4.79 Å². The van der Waals surface area contributed by atoms with Crippen LogP contribution in [0.2, 0.25) is 0 Å². The van der Waals surface area contributed by atoms with Crippen LogP contribution >= 0.6 is 11.3 Å². The summed E-state index contributed by atoms with van der Waals surface area (Å²) in [6, 6.07) is 9.17. The average molecular weight is 382 g/mol. The van der Waals surface area contributed by atoms with Gasteiger partial charge in [0.1, 0.15) is 5.75 Å². The molecule has 0 spiro atoms. The maximum Gasteiger partial charge on any atom is 0.296 e. The van der Waals surface area contributed by atoms with Crippen LogP contribution in [0.3, 0.4) is 0 Å². The molecule has 2 aromatic heterocycles. The summed E-state index contributed by atoms with van der Waals surface area (Å²) in [4.78, 5) is 31.2. The van der Waals surface area contributed by atoms with Crippen LogP contribution in [0, 0.1) is 0 Å². The molecule has 1 atom stereocenters. The Morgan fingerprint density at radius 3 is 2.67 bits per heavy atom. The van der Waals surface area contributed by atoms with E-state index in [1.54, 1.807) is 49.0 Å². The lowest BCUT2D eigenvalue weighted by Gasteiger charge is -2.24. The fourth-order valence-corrected chi connectivity index (χ4v) is 3.68. The maximum absolute atomic E-state index is 13.0. The van der Waals surface area contributed by atoms with Crippen molar-refractivity contribution in [1.29, 1.82) is 0 Å². The minimum atomic E-state index is -0.827. The molecule has 1 N–H and O–H groups in total. The summed E-state index contributed by atoms with van der Waals surface area (Å²) in [7, 11) is 1.55. The van der Waals surface area contributed by atoms with E-state index < -0.39 is 23.5 Å². The zero-order valence-electron chi connectivity index (χ0n) is 14.2. The largest absolute Gasteiger partial charge is 0.503 e. The number of Topliss-reactive ketones (excluding diaryl/α,β-unsaturated/α-hetero) is 1. The Hall–Kier alpha value is -3.39. The molecule has 0 saturated carbocycles. The third kappa shape index (κ3) is 2.80. The van der Waals surface area contributed by atoms with E-state index in [1.807, 2.05) is 0 Å². The van der Waals surface area contributed by atoms with Crippen molar-refractivity contribution in [3.05, 3.63) is 76.9 Å². The number of hydrogen-bond donors (Lipinski definition) is 1. The summed E-state index contributed by atoms with van der Waals surface area (Å²) >= 11 is 1.24. The summed E-state index contributed by atoms with van der Waals surface area (Å²) in [5, 5.41) is 12.6. The zero-order chi connectivity index (χ0) is 19.0. The molecule has 3 aromatic rings. The third-order valence-corrected chi connectivity index (χ3v) is 5.03. The second-order valence-corrected chi connectivity index (χ2v) is 6.61. The van der Waals surface area contributed by atoms with Gasteiger partial charge in [-0.25, -0.2) is 4.98 Å². The first-order valence-electron chi connectivity index (χ1n) is 8.00. The summed E-state index contributed by atoms with van der Waals surface area (Å²) in [6.45, 7) is 0. The number of amides is 1. The van der Waals surface area contributed by atoms with Crippen LogP contribution in [0.4, 0.5) is 5.13 Å². The highest BCUT2D eigenvalue weighted by molar-refractivity contribution is 7.13. The van der Waals surface area contributed by atoms with Gasteiger partial charge >= 0.3 is 0 Å². The molecule has 0 radical (unpaired) electrons. The van der Waals surface area contributed by atoms with Gasteiger partial charge < -0.3 is 14.3 Å². The van der Waals surface area contributed by atoms with Crippen molar-refractivity contribution < 1.29 is 23.8 Å². The zero-order valence-corrected chi connectivity index (χ0v) is 15.0. The van der Waals surface area contributed by atoms with Crippen molar-refractivity contribution >= 4 is 28.2 Å². The predicted molar refractivity (Wildman–Crippen MR) is 98.0 cm³/mol. The Balaban J connectivity index is 1.86. The fraction of sp³-hybridized carbons (Fsp3) is 0.105. The van der Waals surface area contributed by atoms with E-state index in [-0.39, 0.29) is 11.3 Å². The van der Waals surface area contributed by atoms with Gasteiger partial charge in [0.15, 0.2) is 16.7 Å². The van der Waals surface area contributed by atoms with E-state index in [0.717, 1.165) is 0 Å². The number of thiazole rings is 1. The number of aliphatic hydroxyl groups excluding tert-OH is 1. The number of ketones is 1. The third-order valence-electron chi connectivity index (χ3n) is 4.25. The Kier molecular flexibility index (Phi) is 4.25. The molecule has 136 valence electrons. The van der Waals surface area contributed by atoms with E-state index >= 15 is 0 Å². The number of aromatic nitrogens is 1. The molecule has 27 heavy (non-hydrogen) atoms. The lowest BCUT2D eigenvalue weighted by Crippen LogP contribution is -2.30. The van der Waals surface area contributed by atoms with Crippen LogP contribution < -0.4 is 9.64 Å². The smallest absolute Gasteiger partial charge is 0.296 e.